The lowest BCUT2D eigenvalue weighted by atomic mass is 10.2. The van der Waals surface area contributed by atoms with E-state index in [9.17, 15) is 0 Å². The molecule has 0 radical (unpaired) electrons. The van der Waals surface area contributed by atoms with Gasteiger partial charge in [-0.3, -0.25) is 0 Å². The Morgan fingerprint density at radius 1 is 1.08 bits per heavy atom. The molecule has 120 valence electrons. The molecule has 24 heavy (non-hydrogen) atoms. The number of fused-ring (bicyclic) bond motifs is 3. The molecule has 0 aliphatic carbocycles. The summed E-state index contributed by atoms with van der Waals surface area (Å²) in [6.07, 6.45) is 0. The monoisotopic (exact) mass is 421 g/mol. The average molecular weight is 423 g/mol. The molecule has 5 nitrogen and oxygen atoms in total. The summed E-state index contributed by atoms with van der Waals surface area (Å²) in [7, 11) is 1.95. The number of hydrogen-bond acceptors (Lipinski definition) is 4. The highest BCUT2D eigenvalue weighted by molar-refractivity contribution is 9.10. The van der Waals surface area contributed by atoms with Gasteiger partial charge in [0, 0.05) is 27.6 Å². The minimum Gasteiger partial charge on any atom is -0.329 e. The van der Waals surface area contributed by atoms with E-state index in [2.05, 4.69) is 31.1 Å². The van der Waals surface area contributed by atoms with Crippen LogP contribution in [0.5, 0.6) is 0 Å². The van der Waals surface area contributed by atoms with E-state index in [0.29, 0.717) is 10.8 Å². The van der Waals surface area contributed by atoms with Crippen LogP contribution in [-0.2, 0) is 0 Å². The van der Waals surface area contributed by atoms with Crippen LogP contribution in [0.3, 0.4) is 0 Å². The standard InChI is InChI=1S/C16H10BrCl2N5/c1-23(11-4-2-3-9(17)7-11)14-12-6-5-10(18)8-13(12)24-15(19)21-22-16(24)20-14/h2-8H,1H3. The maximum absolute atomic E-state index is 6.17. The zero-order valence-corrected chi connectivity index (χ0v) is 15.5. The van der Waals surface area contributed by atoms with E-state index in [4.69, 9.17) is 23.2 Å². The Hall–Kier alpha value is -1.89. The van der Waals surface area contributed by atoms with E-state index in [1.165, 1.54) is 0 Å². The molecule has 0 saturated heterocycles. The summed E-state index contributed by atoms with van der Waals surface area (Å²) in [4.78, 5) is 6.62. The van der Waals surface area contributed by atoms with Crippen LogP contribution in [0.4, 0.5) is 11.5 Å². The Morgan fingerprint density at radius 2 is 1.92 bits per heavy atom. The lowest BCUT2D eigenvalue weighted by molar-refractivity contribution is 1.08. The van der Waals surface area contributed by atoms with Gasteiger partial charge in [-0.05, 0) is 48.0 Å². The molecule has 0 saturated carbocycles. The van der Waals surface area contributed by atoms with Gasteiger partial charge < -0.3 is 4.90 Å². The fourth-order valence-corrected chi connectivity index (χ4v) is 3.39. The van der Waals surface area contributed by atoms with Crippen molar-refractivity contribution in [2.75, 3.05) is 11.9 Å². The summed E-state index contributed by atoms with van der Waals surface area (Å²) in [5, 5.41) is 9.71. The Labute approximate surface area is 156 Å². The number of halogens is 3. The molecule has 0 aliphatic heterocycles. The smallest absolute Gasteiger partial charge is 0.258 e. The second-order valence-electron chi connectivity index (χ2n) is 5.24. The fourth-order valence-electron chi connectivity index (χ4n) is 2.63. The zero-order valence-electron chi connectivity index (χ0n) is 12.4. The van der Waals surface area contributed by atoms with Crippen molar-refractivity contribution in [2.45, 2.75) is 0 Å². The van der Waals surface area contributed by atoms with Crippen molar-refractivity contribution in [3.63, 3.8) is 0 Å². The first-order chi connectivity index (χ1) is 11.5. The predicted molar refractivity (Wildman–Crippen MR) is 101 cm³/mol. The van der Waals surface area contributed by atoms with Gasteiger partial charge in [0.05, 0.1) is 5.52 Å². The predicted octanol–water partition coefficient (Wildman–Crippen LogP) is 5.11. The topological polar surface area (TPSA) is 46.3 Å². The molecule has 2 aromatic carbocycles. The van der Waals surface area contributed by atoms with Crippen molar-refractivity contribution < 1.29 is 0 Å². The first kappa shape index (κ1) is 15.6. The van der Waals surface area contributed by atoms with E-state index >= 15 is 0 Å². The summed E-state index contributed by atoms with van der Waals surface area (Å²) in [5.74, 6) is 1.17. The number of benzene rings is 2. The number of hydrogen-bond donors (Lipinski definition) is 0. The molecule has 0 fully saturated rings. The summed E-state index contributed by atoms with van der Waals surface area (Å²) < 4.78 is 2.67. The van der Waals surface area contributed by atoms with Crippen molar-refractivity contribution in [1.29, 1.82) is 0 Å². The van der Waals surface area contributed by atoms with Gasteiger partial charge in [-0.25, -0.2) is 4.40 Å². The van der Waals surface area contributed by atoms with Crippen molar-refractivity contribution in [3.8, 4) is 0 Å². The maximum Gasteiger partial charge on any atom is 0.258 e. The Bertz CT molecular complexity index is 1080. The molecule has 8 heteroatoms. The van der Waals surface area contributed by atoms with Gasteiger partial charge in [-0.15, -0.1) is 10.2 Å². The molecule has 2 aromatic heterocycles. The van der Waals surface area contributed by atoms with Gasteiger partial charge in [-0.1, -0.05) is 33.6 Å². The first-order valence-corrected chi connectivity index (χ1v) is 8.58. The second-order valence-corrected chi connectivity index (χ2v) is 6.93. The summed E-state index contributed by atoms with van der Waals surface area (Å²) in [5.41, 5.74) is 1.79. The average Bonchev–Trinajstić information content (AvgIpc) is 2.94. The minimum atomic E-state index is 0.251. The number of nitrogens with zero attached hydrogens (tertiary/aromatic N) is 5. The van der Waals surface area contributed by atoms with Gasteiger partial charge in [0.25, 0.3) is 5.78 Å². The highest BCUT2D eigenvalue weighted by atomic mass is 79.9. The third kappa shape index (κ3) is 2.51. The van der Waals surface area contributed by atoms with Gasteiger partial charge in [0.1, 0.15) is 5.82 Å². The van der Waals surface area contributed by atoms with Crippen LogP contribution in [0.25, 0.3) is 16.7 Å². The fraction of sp³-hybridized carbons (Fsp3) is 0.0625. The zero-order chi connectivity index (χ0) is 16.8. The summed E-state index contributed by atoms with van der Waals surface area (Å²) in [6.45, 7) is 0. The van der Waals surface area contributed by atoms with Crippen LogP contribution in [-0.4, -0.2) is 26.6 Å². The van der Waals surface area contributed by atoms with Gasteiger partial charge in [0.15, 0.2) is 0 Å². The van der Waals surface area contributed by atoms with Crippen molar-refractivity contribution in [1.82, 2.24) is 19.6 Å². The SMILES string of the molecule is CN(c1cccc(Br)c1)c1nc2nnc(Cl)n2c2cc(Cl)ccc12. The molecule has 4 aromatic rings. The third-order valence-corrected chi connectivity index (χ3v) is 4.74. The van der Waals surface area contributed by atoms with Gasteiger partial charge in [-0.2, -0.15) is 4.98 Å². The van der Waals surface area contributed by atoms with Crippen LogP contribution in [0.2, 0.25) is 10.3 Å². The number of aromatic nitrogens is 4. The van der Waals surface area contributed by atoms with E-state index in [0.717, 1.165) is 26.9 Å². The van der Waals surface area contributed by atoms with E-state index in [-0.39, 0.29) is 5.28 Å². The molecular formula is C16H10BrCl2N5. The summed E-state index contributed by atoms with van der Waals surface area (Å²) >= 11 is 15.8. The van der Waals surface area contributed by atoms with E-state index in [1.807, 2.05) is 54.4 Å². The largest absolute Gasteiger partial charge is 0.329 e. The van der Waals surface area contributed by atoms with E-state index in [1.54, 1.807) is 4.40 Å². The molecule has 0 unspecified atom stereocenters. The van der Waals surface area contributed by atoms with Crippen molar-refractivity contribution in [2.24, 2.45) is 0 Å². The number of anilines is 2. The Morgan fingerprint density at radius 3 is 2.71 bits per heavy atom. The number of rotatable bonds is 2. The van der Waals surface area contributed by atoms with Crippen LogP contribution in [0.1, 0.15) is 0 Å². The van der Waals surface area contributed by atoms with Crippen LogP contribution in [0, 0.1) is 0 Å². The van der Waals surface area contributed by atoms with Crippen LogP contribution in [0.15, 0.2) is 46.9 Å². The highest BCUT2D eigenvalue weighted by Gasteiger charge is 2.17. The lowest BCUT2D eigenvalue weighted by Gasteiger charge is -2.20. The lowest BCUT2D eigenvalue weighted by Crippen LogP contribution is -2.13. The molecule has 0 N–H and O–H groups in total. The Kier molecular flexibility index (Phi) is 3.83. The Balaban J connectivity index is 2.03. The molecule has 4 rings (SSSR count). The summed E-state index contributed by atoms with van der Waals surface area (Å²) in [6, 6.07) is 13.6. The van der Waals surface area contributed by atoms with Gasteiger partial charge >= 0.3 is 0 Å². The minimum absolute atomic E-state index is 0.251. The molecule has 0 atom stereocenters. The molecule has 0 aliphatic rings. The van der Waals surface area contributed by atoms with E-state index < -0.39 is 0 Å². The van der Waals surface area contributed by atoms with Crippen molar-refractivity contribution >= 4 is 67.3 Å². The maximum atomic E-state index is 6.17. The molecule has 2 heterocycles. The third-order valence-electron chi connectivity index (χ3n) is 3.77. The molecule has 0 amide bonds. The highest BCUT2D eigenvalue weighted by Crippen LogP contribution is 2.33. The second kappa shape index (κ2) is 5.88. The molecule has 0 spiro atoms. The quantitative estimate of drug-likeness (QED) is 0.450. The van der Waals surface area contributed by atoms with Crippen molar-refractivity contribution in [3.05, 3.63) is 57.2 Å². The van der Waals surface area contributed by atoms with Crippen LogP contribution < -0.4 is 4.90 Å². The molecule has 0 bridgehead atoms. The first-order valence-electron chi connectivity index (χ1n) is 7.04. The normalized spacial score (nSPS) is 11.3. The van der Waals surface area contributed by atoms with Gasteiger partial charge in [0.2, 0.25) is 5.28 Å². The molecular weight excluding hydrogens is 413 g/mol. The van der Waals surface area contributed by atoms with Crippen LogP contribution >= 0.6 is 39.1 Å².